The summed E-state index contributed by atoms with van der Waals surface area (Å²) in [7, 11) is 1.80. The standard InChI is InChI=1S/C10H11ClN2O/c1-6-5-7-8(12-9(6)11)3-4-13(2)10(7)14/h5H,3-4H2,1-2H3. The quantitative estimate of drug-likeness (QED) is 0.611. The van der Waals surface area contributed by atoms with Crippen molar-refractivity contribution in [3.05, 3.63) is 28.0 Å². The number of rotatable bonds is 0. The Morgan fingerprint density at radius 3 is 3.00 bits per heavy atom. The van der Waals surface area contributed by atoms with Crippen molar-refractivity contribution in [3.63, 3.8) is 0 Å². The van der Waals surface area contributed by atoms with Gasteiger partial charge in [-0.25, -0.2) is 4.98 Å². The molecule has 0 N–H and O–H groups in total. The van der Waals surface area contributed by atoms with E-state index in [0.29, 0.717) is 10.7 Å². The molecule has 0 aromatic carbocycles. The molecule has 1 aliphatic rings. The number of aryl methyl sites for hydroxylation is 1. The summed E-state index contributed by atoms with van der Waals surface area (Å²) in [4.78, 5) is 17.6. The molecular weight excluding hydrogens is 200 g/mol. The van der Waals surface area contributed by atoms with Gasteiger partial charge in [0.1, 0.15) is 5.15 Å². The molecule has 0 atom stereocenters. The molecule has 0 unspecified atom stereocenters. The zero-order valence-electron chi connectivity index (χ0n) is 8.17. The molecule has 1 amide bonds. The van der Waals surface area contributed by atoms with Gasteiger partial charge < -0.3 is 4.90 Å². The summed E-state index contributed by atoms with van der Waals surface area (Å²) >= 11 is 5.89. The molecule has 0 radical (unpaired) electrons. The Labute approximate surface area is 87.7 Å². The number of hydrogen-bond acceptors (Lipinski definition) is 2. The molecule has 1 aromatic heterocycles. The summed E-state index contributed by atoms with van der Waals surface area (Å²) in [6.45, 7) is 2.58. The summed E-state index contributed by atoms with van der Waals surface area (Å²) in [5.74, 6) is 0.0403. The second kappa shape index (κ2) is 3.24. The van der Waals surface area contributed by atoms with Crippen LogP contribution in [-0.2, 0) is 6.42 Å². The van der Waals surface area contributed by atoms with Crippen LogP contribution in [0.3, 0.4) is 0 Å². The molecule has 0 bridgehead atoms. The van der Waals surface area contributed by atoms with E-state index in [2.05, 4.69) is 4.98 Å². The second-order valence-electron chi connectivity index (χ2n) is 3.57. The zero-order chi connectivity index (χ0) is 10.3. The lowest BCUT2D eigenvalue weighted by Gasteiger charge is -2.24. The minimum atomic E-state index is 0.0403. The predicted molar refractivity (Wildman–Crippen MR) is 54.6 cm³/mol. The normalized spacial score (nSPS) is 15.6. The van der Waals surface area contributed by atoms with E-state index >= 15 is 0 Å². The second-order valence-corrected chi connectivity index (χ2v) is 3.93. The molecule has 0 aliphatic carbocycles. The lowest BCUT2D eigenvalue weighted by molar-refractivity contribution is 0.0779. The van der Waals surface area contributed by atoms with Crippen molar-refractivity contribution in [2.24, 2.45) is 0 Å². The molecule has 0 saturated heterocycles. The monoisotopic (exact) mass is 210 g/mol. The Bertz CT molecular complexity index is 403. The first-order valence-corrected chi connectivity index (χ1v) is 4.89. The molecule has 1 aliphatic heterocycles. The number of carbonyl (C=O) groups is 1. The third-order valence-electron chi connectivity index (χ3n) is 2.49. The molecule has 0 saturated carbocycles. The van der Waals surface area contributed by atoms with Gasteiger partial charge in [-0.2, -0.15) is 0 Å². The van der Waals surface area contributed by atoms with Crippen molar-refractivity contribution >= 4 is 17.5 Å². The first-order chi connectivity index (χ1) is 6.59. The van der Waals surface area contributed by atoms with Crippen LogP contribution < -0.4 is 0 Å². The van der Waals surface area contributed by atoms with Crippen molar-refractivity contribution in [2.45, 2.75) is 13.3 Å². The number of pyridine rings is 1. The minimum absolute atomic E-state index is 0.0403. The summed E-state index contributed by atoms with van der Waals surface area (Å²) < 4.78 is 0. The number of likely N-dealkylation sites (N-methyl/N-ethyl adjacent to an activating group) is 1. The Morgan fingerprint density at radius 2 is 2.29 bits per heavy atom. The van der Waals surface area contributed by atoms with Crippen LogP contribution in [0.1, 0.15) is 21.6 Å². The maximum absolute atomic E-state index is 11.7. The lowest BCUT2D eigenvalue weighted by atomic mass is 10.0. The molecule has 0 fully saturated rings. The number of amides is 1. The van der Waals surface area contributed by atoms with E-state index in [1.807, 2.05) is 13.0 Å². The Morgan fingerprint density at radius 1 is 1.57 bits per heavy atom. The van der Waals surface area contributed by atoms with Crippen molar-refractivity contribution < 1.29 is 4.79 Å². The van der Waals surface area contributed by atoms with E-state index in [-0.39, 0.29) is 5.91 Å². The smallest absolute Gasteiger partial charge is 0.255 e. The average Bonchev–Trinajstić information content (AvgIpc) is 2.15. The van der Waals surface area contributed by atoms with E-state index < -0.39 is 0 Å². The number of aromatic nitrogens is 1. The van der Waals surface area contributed by atoms with Crippen LogP contribution >= 0.6 is 11.6 Å². The van der Waals surface area contributed by atoms with Gasteiger partial charge in [-0.05, 0) is 18.6 Å². The first-order valence-electron chi connectivity index (χ1n) is 4.51. The van der Waals surface area contributed by atoms with Gasteiger partial charge in [0.25, 0.3) is 5.91 Å². The van der Waals surface area contributed by atoms with Gasteiger partial charge in [0.2, 0.25) is 0 Å². The molecule has 2 heterocycles. The van der Waals surface area contributed by atoms with Gasteiger partial charge in [0.15, 0.2) is 0 Å². The number of carbonyl (C=O) groups excluding carboxylic acids is 1. The van der Waals surface area contributed by atoms with Crippen LogP contribution in [-0.4, -0.2) is 29.4 Å². The summed E-state index contributed by atoms with van der Waals surface area (Å²) in [6, 6.07) is 1.82. The van der Waals surface area contributed by atoms with Crippen LogP contribution in [0, 0.1) is 6.92 Å². The molecule has 0 spiro atoms. The first kappa shape index (κ1) is 9.46. The summed E-state index contributed by atoms with van der Waals surface area (Å²) in [5, 5.41) is 0.501. The van der Waals surface area contributed by atoms with Gasteiger partial charge in [-0.1, -0.05) is 11.6 Å². The van der Waals surface area contributed by atoms with Crippen LogP contribution in [0.2, 0.25) is 5.15 Å². The fraction of sp³-hybridized carbons (Fsp3) is 0.400. The fourth-order valence-electron chi connectivity index (χ4n) is 1.58. The van der Waals surface area contributed by atoms with Crippen molar-refractivity contribution in [2.75, 3.05) is 13.6 Å². The van der Waals surface area contributed by atoms with E-state index in [0.717, 1.165) is 24.2 Å². The highest BCUT2D eigenvalue weighted by Gasteiger charge is 2.23. The van der Waals surface area contributed by atoms with Crippen LogP contribution in [0.15, 0.2) is 6.07 Å². The number of fused-ring (bicyclic) bond motifs is 1. The lowest BCUT2D eigenvalue weighted by Crippen LogP contribution is -2.34. The molecule has 3 nitrogen and oxygen atoms in total. The van der Waals surface area contributed by atoms with Gasteiger partial charge in [-0.3, -0.25) is 4.79 Å². The highest BCUT2D eigenvalue weighted by Crippen LogP contribution is 2.21. The summed E-state index contributed by atoms with van der Waals surface area (Å²) in [5.41, 5.74) is 2.37. The molecule has 4 heteroatoms. The molecular formula is C10H11ClN2O. The van der Waals surface area contributed by atoms with Gasteiger partial charge in [-0.15, -0.1) is 0 Å². The fourth-order valence-corrected chi connectivity index (χ4v) is 1.74. The average molecular weight is 211 g/mol. The van der Waals surface area contributed by atoms with E-state index in [1.54, 1.807) is 11.9 Å². The van der Waals surface area contributed by atoms with Gasteiger partial charge in [0.05, 0.1) is 11.3 Å². The maximum Gasteiger partial charge on any atom is 0.255 e. The Hall–Kier alpha value is -1.09. The number of hydrogen-bond donors (Lipinski definition) is 0. The maximum atomic E-state index is 11.7. The minimum Gasteiger partial charge on any atom is -0.341 e. The summed E-state index contributed by atoms with van der Waals surface area (Å²) in [6.07, 6.45) is 0.789. The molecule has 2 rings (SSSR count). The highest BCUT2D eigenvalue weighted by molar-refractivity contribution is 6.30. The molecule has 74 valence electrons. The predicted octanol–water partition coefficient (Wildman–Crippen LogP) is 1.67. The third kappa shape index (κ3) is 1.38. The highest BCUT2D eigenvalue weighted by atomic mass is 35.5. The van der Waals surface area contributed by atoms with E-state index in [9.17, 15) is 4.79 Å². The number of halogens is 1. The van der Waals surface area contributed by atoms with Crippen molar-refractivity contribution in [1.29, 1.82) is 0 Å². The SMILES string of the molecule is Cc1cc2c(nc1Cl)CCN(C)C2=O. The largest absolute Gasteiger partial charge is 0.341 e. The van der Waals surface area contributed by atoms with E-state index in [1.165, 1.54) is 0 Å². The molecule has 1 aromatic rings. The number of nitrogens with zero attached hydrogens (tertiary/aromatic N) is 2. The van der Waals surface area contributed by atoms with Gasteiger partial charge in [0, 0.05) is 20.0 Å². The van der Waals surface area contributed by atoms with Crippen molar-refractivity contribution in [3.8, 4) is 0 Å². The van der Waals surface area contributed by atoms with Crippen LogP contribution in [0.5, 0.6) is 0 Å². The molecule has 14 heavy (non-hydrogen) atoms. The third-order valence-corrected chi connectivity index (χ3v) is 2.87. The van der Waals surface area contributed by atoms with Crippen LogP contribution in [0.25, 0.3) is 0 Å². The van der Waals surface area contributed by atoms with Crippen molar-refractivity contribution in [1.82, 2.24) is 9.88 Å². The van der Waals surface area contributed by atoms with E-state index in [4.69, 9.17) is 11.6 Å². The van der Waals surface area contributed by atoms with Crippen LogP contribution in [0.4, 0.5) is 0 Å². The van der Waals surface area contributed by atoms with Gasteiger partial charge >= 0.3 is 0 Å². The Balaban J connectivity index is 2.56. The topological polar surface area (TPSA) is 33.2 Å². The zero-order valence-corrected chi connectivity index (χ0v) is 8.93. The Kier molecular flexibility index (Phi) is 2.19.